The fourth-order valence-corrected chi connectivity index (χ4v) is 3.96. The molecule has 8 heteroatoms. The Bertz CT molecular complexity index is 1510. The summed E-state index contributed by atoms with van der Waals surface area (Å²) in [5, 5.41) is 7.59. The Kier molecular flexibility index (Phi) is 6.17. The van der Waals surface area contributed by atoms with E-state index in [0.717, 1.165) is 18.4 Å². The van der Waals surface area contributed by atoms with Crippen LogP contribution in [0, 0.1) is 0 Å². The molecule has 0 aliphatic carbocycles. The Balaban J connectivity index is 1.50. The predicted octanol–water partition coefficient (Wildman–Crippen LogP) is 4.20. The third kappa shape index (κ3) is 4.72. The normalized spacial score (nSPS) is 12.4. The lowest BCUT2D eigenvalue weighted by Crippen LogP contribution is -2.33. The SMILES string of the molecule is CC(CCc1ccccc1)NC(=O)c1c(N)n(/N=C/c2cccnc2)c2nc3ccccc3nc12. The van der Waals surface area contributed by atoms with E-state index < -0.39 is 0 Å². The van der Waals surface area contributed by atoms with Crippen molar-refractivity contribution in [3.05, 3.63) is 95.8 Å². The molecule has 0 aliphatic rings. The molecular weight excluding hydrogens is 438 g/mol. The highest BCUT2D eigenvalue weighted by atomic mass is 16.1. The van der Waals surface area contributed by atoms with Gasteiger partial charge in [0.25, 0.3) is 5.91 Å². The van der Waals surface area contributed by atoms with Gasteiger partial charge in [-0.25, -0.2) is 9.97 Å². The summed E-state index contributed by atoms with van der Waals surface area (Å²) >= 11 is 0. The summed E-state index contributed by atoms with van der Waals surface area (Å²) in [6.07, 6.45) is 6.66. The lowest BCUT2D eigenvalue weighted by molar-refractivity contribution is 0.0940. The zero-order chi connectivity index (χ0) is 24.2. The second-order valence-electron chi connectivity index (χ2n) is 8.39. The number of aryl methyl sites for hydroxylation is 1. The minimum absolute atomic E-state index is 0.0622. The van der Waals surface area contributed by atoms with E-state index in [9.17, 15) is 4.79 Å². The Hall–Kier alpha value is -4.59. The maximum atomic E-state index is 13.4. The third-order valence-corrected chi connectivity index (χ3v) is 5.79. The van der Waals surface area contributed by atoms with E-state index in [1.165, 1.54) is 10.2 Å². The first-order chi connectivity index (χ1) is 17.1. The number of pyridine rings is 1. The van der Waals surface area contributed by atoms with E-state index in [-0.39, 0.29) is 23.3 Å². The number of aromatic nitrogens is 4. The van der Waals surface area contributed by atoms with Crippen molar-refractivity contribution >= 4 is 40.1 Å². The summed E-state index contributed by atoms with van der Waals surface area (Å²) in [5.41, 5.74) is 11.0. The topological polar surface area (TPSA) is 111 Å². The molecule has 1 amide bonds. The van der Waals surface area contributed by atoms with Crippen molar-refractivity contribution in [1.29, 1.82) is 0 Å². The van der Waals surface area contributed by atoms with Crippen LogP contribution in [0.25, 0.3) is 22.2 Å². The van der Waals surface area contributed by atoms with Crippen LogP contribution in [0.15, 0.2) is 84.2 Å². The third-order valence-electron chi connectivity index (χ3n) is 5.79. The smallest absolute Gasteiger partial charge is 0.257 e. The summed E-state index contributed by atoms with van der Waals surface area (Å²) in [7, 11) is 0. The number of hydrogen-bond donors (Lipinski definition) is 2. The van der Waals surface area contributed by atoms with Crippen LogP contribution in [-0.4, -0.2) is 37.8 Å². The summed E-state index contributed by atoms with van der Waals surface area (Å²) in [6, 6.07) is 21.3. The average Bonchev–Trinajstić information content (AvgIpc) is 3.16. The first-order valence-corrected chi connectivity index (χ1v) is 11.5. The molecule has 0 fully saturated rings. The number of anilines is 1. The highest BCUT2D eigenvalue weighted by molar-refractivity contribution is 6.10. The van der Waals surface area contributed by atoms with Crippen LogP contribution in [0.5, 0.6) is 0 Å². The highest BCUT2D eigenvalue weighted by Gasteiger charge is 2.25. The molecule has 3 N–H and O–H groups in total. The van der Waals surface area contributed by atoms with Crippen molar-refractivity contribution < 1.29 is 4.79 Å². The molecule has 0 spiro atoms. The number of rotatable bonds is 7. The summed E-state index contributed by atoms with van der Waals surface area (Å²) in [6.45, 7) is 1.98. The molecule has 35 heavy (non-hydrogen) atoms. The van der Waals surface area contributed by atoms with E-state index in [1.807, 2.05) is 61.5 Å². The quantitative estimate of drug-likeness (QED) is 0.352. The fraction of sp³-hybridized carbons (Fsp3) is 0.148. The Morgan fingerprint density at radius 1 is 1.06 bits per heavy atom. The predicted molar refractivity (Wildman–Crippen MR) is 138 cm³/mol. The number of para-hydroxylation sites is 2. The van der Waals surface area contributed by atoms with Crippen molar-refractivity contribution in [2.75, 3.05) is 5.73 Å². The molecule has 0 radical (unpaired) electrons. The Morgan fingerprint density at radius 3 is 2.54 bits per heavy atom. The van der Waals surface area contributed by atoms with Gasteiger partial charge in [0, 0.05) is 24.0 Å². The number of fused-ring (bicyclic) bond motifs is 2. The maximum Gasteiger partial charge on any atom is 0.257 e. The standard InChI is InChI=1S/C27H25N7O/c1-18(13-14-19-8-3-2-4-9-19)31-27(35)23-24-26(33-22-12-6-5-11-21(22)32-24)34(25(23)28)30-17-20-10-7-15-29-16-20/h2-12,15-18H,13-14,28H2,1H3,(H,31,35)/b30-17+. The van der Waals surface area contributed by atoms with E-state index >= 15 is 0 Å². The van der Waals surface area contributed by atoms with Crippen LogP contribution >= 0.6 is 0 Å². The minimum Gasteiger partial charge on any atom is -0.383 e. The molecule has 3 heterocycles. The van der Waals surface area contributed by atoms with Crippen LogP contribution in [0.2, 0.25) is 0 Å². The number of nitrogens with zero attached hydrogens (tertiary/aromatic N) is 5. The minimum atomic E-state index is -0.298. The molecule has 8 nitrogen and oxygen atoms in total. The number of nitrogens with two attached hydrogens (primary N) is 1. The lowest BCUT2D eigenvalue weighted by atomic mass is 10.1. The Labute approximate surface area is 202 Å². The highest BCUT2D eigenvalue weighted by Crippen LogP contribution is 2.28. The van der Waals surface area contributed by atoms with Crippen molar-refractivity contribution in [1.82, 2.24) is 24.9 Å². The van der Waals surface area contributed by atoms with Crippen LogP contribution in [0.1, 0.15) is 34.8 Å². The summed E-state index contributed by atoms with van der Waals surface area (Å²) in [5.74, 6) is -0.115. The number of amides is 1. The van der Waals surface area contributed by atoms with Crippen molar-refractivity contribution in [2.45, 2.75) is 25.8 Å². The van der Waals surface area contributed by atoms with Crippen molar-refractivity contribution in [2.24, 2.45) is 5.10 Å². The molecule has 1 unspecified atom stereocenters. The zero-order valence-electron chi connectivity index (χ0n) is 19.3. The fourth-order valence-electron chi connectivity index (χ4n) is 3.96. The molecule has 174 valence electrons. The molecule has 0 aliphatic heterocycles. The van der Waals surface area contributed by atoms with Gasteiger partial charge in [-0.15, -0.1) is 0 Å². The average molecular weight is 464 g/mol. The van der Waals surface area contributed by atoms with E-state index in [2.05, 4.69) is 27.5 Å². The lowest BCUT2D eigenvalue weighted by Gasteiger charge is -2.14. The number of nitrogens with one attached hydrogen (secondary N) is 1. The first-order valence-electron chi connectivity index (χ1n) is 11.5. The van der Waals surface area contributed by atoms with Gasteiger partial charge in [0.05, 0.1) is 17.2 Å². The van der Waals surface area contributed by atoms with Gasteiger partial charge < -0.3 is 11.1 Å². The first kappa shape index (κ1) is 22.2. The van der Waals surface area contributed by atoms with Gasteiger partial charge in [-0.1, -0.05) is 48.5 Å². The monoisotopic (exact) mass is 463 g/mol. The number of carbonyl (C=O) groups excluding carboxylic acids is 1. The van der Waals surface area contributed by atoms with E-state index in [0.29, 0.717) is 22.2 Å². The number of carbonyl (C=O) groups is 1. The summed E-state index contributed by atoms with van der Waals surface area (Å²) in [4.78, 5) is 26.9. The molecule has 3 aromatic heterocycles. The molecule has 5 rings (SSSR count). The van der Waals surface area contributed by atoms with Gasteiger partial charge in [-0.05, 0) is 43.5 Å². The molecular formula is C27H25N7O. The van der Waals surface area contributed by atoms with Crippen molar-refractivity contribution in [3.8, 4) is 0 Å². The van der Waals surface area contributed by atoms with E-state index in [4.69, 9.17) is 15.7 Å². The molecule has 5 aromatic rings. The molecule has 0 saturated heterocycles. The number of benzene rings is 2. The van der Waals surface area contributed by atoms with Gasteiger partial charge in [0.15, 0.2) is 5.65 Å². The maximum absolute atomic E-state index is 13.4. The molecule has 1 atom stereocenters. The number of nitrogen functional groups attached to an aromatic ring is 1. The molecule has 0 saturated carbocycles. The van der Waals surface area contributed by atoms with Crippen LogP contribution < -0.4 is 11.1 Å². The van der Waals surface area contributed by atoms with Crippen LogP contribution in [0.3, 0.4) is 0 Å². The number of hydrogen-bond acceptors (Lipinski definition) is 6. The second-order valence-corrected chi connectivity index (χ2v) is 8.39. The van der Waals surface area contributed by atoms with Gasteiger partial charge in [-0.2, -0.15) is 9.78 Å². The van der Waals surface area contributed by atoms with Gasteiger partial charge in [0.1, 0.15) is 16.9 Å². The molecule has 0 bridgehead atoms. The molecule has 2 aromatic carbocycles. The second kappa shape index (κ2) is 9.72. The van der Waals surface area contributed by atoms with Crippen molar-refractivity contribution in [3.63, 3.8) is 0 Å². The van der Waals surface area contributed by atoms with Gasteiger partial charge in [0.2, 0.25) is 0 Å². The Morgan fingerprint density at radius 2 is 1.80 bits per heavy atom. The van der Waals surface area contributed by atoms with Gasteiger partial charge in [-0.3, -0.25) is 9.78 Å². The van der Waals surface area contributed by atoms with Gasteiger partial charge >= 0.3 is 0 Å². The largest absolute Gasteiger partial charge is 0.383 e. The zero-order valence-corrected chi connectivity index (χ0v) is 19.3. The summed E-state index contributed by atoms with van der Waals surface area (Å²) < 4.78 is 1.46. The van der Waals surface area contributed by atoms with E-state index in [1.54, 1.807) is 18.6 Å². The van der Waals surface area contributed by atoms with Crippen LogP contribution in [-0.2, 0) is 6.42 Å². The van der Waals surface area contributed by atoms with Crippen LogP contribution in [0.4, 0.5) is 5.82 Å².